The van der Waals surface area contributed by atoms with Gasteiger partial charge in [-0.15, -0.1) is 4.91 Å². The largest absolute Gasteiger partial charge is 0.390 e. The Morgan fingerprint density at radius 3 is 2.72 bits per heavy atom. The minimum absolute atomic E-state index is 0.00836. The highest BCUT2D eigenvalue weighted by molar-refractivity contribution is 5.81. The summed E-state index contributed by atoms with van der Waals surface area (Å²) in [5.41, 5.74) is -0.959. The summed E-state index contributed by atoms with van der Waals surface area (Å²) in [6.45, 7) is 1.28. The fourth-order valence-corrected chi connectivity index (χ4v) is 3.92. The van der Waals surface area contributed by atoms with Gasteiger partial charge in [0.25, 0.3) is 11.5 Å². The molecule has 4 N–H and O–H groups in total. The Bertz CT molecular complexity index is 954. The lowest BCUT2D eigenvalue weighted by molar-refractivity contribution is -0.137. The van der Waals surface area contributed by atoms with E-state index < -0.39 is 41.6 Å². The maximum absolute atomic E-state index is 12.4. The molecule has 176 valence electrons. The first-order chi connectivity index (χ1) is 15.3. The zero-order chi connectivity index (χ0) is 23.3. The molecule has 0 aromatic carbocycles. The van der Waals surface area contributed by atoms with Crippen molar-refractivity contribution in [1.29, 1.82) is 0 Å². The van der Waals surface area contributed by atoms with Crippen LogP contribution in [-0.4, -0.2) is 62.9 Å². The third-order valence-electron chi connectivity index (χ3n) is 5.70. The minimum Gasteiger partial charge on any atom is -0.390 e. The maximum Gasteiger partial charge on any atom is 0.340 e. The second kappa shape index (κ2) is 10.5. The molecular weight excluding hydrogens is 424 g/mol. The lowest BCUT2D eigenvalue weighted by atomic mass is 9.96. The van der Waals surface area contributed by atoms with E-state index in [1.54, 1.807) is 0 Å². The molecule has 3 unspecified atom stereocenters. The molecule has 32 heavy (non-hydrogen) atoms. The van der Waals surface area contributed by atoms with Crippen LogP contribution >= 0.6 is 0 Å². The van der Waals surface area contributed by atoms with Crippen LogP contribution in [0.5, 0.6) is 0 Å². The van der Waals surface area contributed by atoms with Crippen molar-refractivity contribution < 1.29 is 19.4 Å². The normalized spacial score (nSPS) is 23.5. The number of aryl methyl sites for hydroxylation is 1. The summed E-state index contributed by atoms with van der Waals surface area (Å²) in [6, 6.07) is -0.611. The molecule has 2 fully saturated rings. The number of ether oxygens (including phenoxy) is 1. The van der Waals surface area contributed by atoms with Gasteiger partial charge in [0.1, 0.15) is 6.23 Å². The SMILES string of the molecule is Cc1cn(C2CC(O)C(C(=O)NCCN(N=O)C(=O)NC3CCCCC3)O2)c(=O)[nH]c1=O. The Kier molecular flexibility index (Phi) is 7.75. The van der Waals surface area contributed by atoms with Crippen molar-refractivity contribution in [2.75, 3.05) is 13.1 Å². The Morgan fingerprint density at radius 1 is 1.31 bits per heavy atom. The summed E-state index contributed by atoms with van der Waals surface area (Å²) in [5, 5.41) is 18.9. The standard InChI is InChI=1S/C19H28N6O7/c1-11-10-24(18(29)22-16(11)27)14-9-13(26)15(32-14)17(28)20-7-8-25(23-31)19(30)21-12-5-3-2-4-6-12/h10,12-15,26H,2-9H2,1H3,(H,20,28)(H,21,30)(H,22,27,29). The number of aliphatic hydroxyl groups is 1. The van der Waals surface area contributed by atoms with Crippen LogP contribution in [0.3, 0.4) is 0 Å². The number of amides is 3. The summed E-state index contributed by atoms with van der Waals surface area (Å²) in [6.07, 6.45) is 2.76. The van der Waals surface area contributed by atoms with E-state index in [0.717, 1.165) is 36.7 Å². The second-order valence-corrected chi connectivity index (χ2v) is 8.07. The molecule has 1 saturated heterocycles. The molecule has 1 aromatic rings. The molecule has 13 heteroatoms. The zero-order valence-corrected chi connectivity index (χ0v) is 17.8. The van der Waals surface area contributed by atoms with Crippen LogP contribution in [0, 0.1) is 11.8 Å². The van der Waals surface area contributed by atoms with Crippen molar-refractivity contribution in [2.45, 2.75) is 69.9 Å². The topological polar surface area (TPSA) is 175 Å². The van der Waals surface area contributed by atoms with Gasteiger partial charge in [0.15, 0.2) is 6.10 Å². The first-order valence-electron chi connectivity index (χ1n) is 10.6. The van der Waals surface area contributed by atoms with Gasteiger partial charge in [-0.2, -0.15) is 5.01 Å². The molecule has 0 radical (unpaired) electrons. The van der Waals surface area contributed by atoms with Crippen molar-refractivity contribution in [2.24, 2.45) is 5.29 Å². The quantitative estimate of drug-likeness (QED) is 0.322. The van der Waals surface area contributed by atoms with Crippen LogP contribution in [0.1, 0.15) is 50.3 Å². The number of nitroso groups, excluding NO2 is 1. The predicted molar refractivity (Wildman–Crippen MR) is 112 cm³/mol. The third kappa shape index (κ3) is 5.59. The number of carbonyl (C=O) groups excluding carboxylic acids is 2. The van der Waals surface area contributed by atoms with Crippen molar-refractivity contribution in [3.8, 4) is 0 Å². The number of nitrogens with one attached hydrogen (secondary N) is 3. The molecule has 0 spiro atoms. The van der Waals surface area contributed by atoms with Crippen LogP contribution in [0.25, 0.3) is 0 Å². The number of nitrogens with zero attached hydrogens (tertiary/aromatic N) is 3. The summed E-state index contributed by atoms with van der Waals surface area (Å²) in [7, 11) is 0. The van der Waals surface area contributed by atoms with Gasteiger partial charge >= 0.3 is 11.7 Å². The van der Waals surface area contributed by atoms with Gasteiger partial charge in [-0.25, -0.2) is 9.59 Å². The summed E-state index contributed by atoms with van der Waals surface area (Å²) < 4.78 is 6.64. The van der Waals surface area contributed by atoms with Crippen LogP contribution in [0.15, 0.2) is 21.1 Å². The van der Waals surface area contributed by atoms with E-state index in [4.69, 9.17) is 4.74 Å². The van der Waals surface area contributed by atoms with Gasteiger partial charge < -0.3 is 20.5 Å². The zero-order valence-electron chi connectivity index (χ0n) is 17.8. The van der Waals surface area contributed by atoms with E-state index in [0.29, 0.717) is 5.01 Å². The molecule has 1 aliphatic heterocycles. The fraction of sp³-hybridized carbons (Fsp3) is 0.684. The highest BCUT2D eigenvalue weighted by Gasteiger charge is 2.40. The first kappa shape index (κ1) is 23.6. The Morgan fingerprint density at radius 2 is 2.03 bits per heavy atom. The minimum atomic E-state index is -1.26. The van der Waals surface area contributed by atoms with E-state index in [2.05, 4.69) is 20.9 Å². The average Bonchev–Trinajstić information content (AvgIpc) is 3.15. The second-order valence-electron chi connectivity index (χ2n) is 8.07. The Hall–Kier alpha value is -3.06. The monoisotopic (exact) mass is 452 g/mol. The van der Waals surface area contributed by atoms with Crippen LogP contribution in [0.4, 0.5) is 4.79 Å². The number of urea groups is 1. The lowest BCUT2D eigenvalue weighted by Gasteiger charge is -2.24. The Balaban J connectivity index is 1.50. The van der Waals surface area contributed by atoms with Crippen LogP contribution in [-0.2, 0) is 9.53 Å². The summed E-state index contributed by atoms with van der Waals surface area (Å²) >= 11 is 0. The van der Waals surface area contributed by atoms with Gasteiger partial charge in [-0.3, -0.25) is 19.1 Å². The van der Waals surface area contributed by atoms with E-state index in [1.807, 2.05) is 0 Å². The van der Waals surface area contributed by atoms with Crippen molar-refractivity contribution in [3.05, 3.63) is 37.5 Å². The highest BCUT2D eigenvalue weighted by atomic mass is 16.5. The van der Waals surface area contributed by atoms with Crippen molar-refractivity contribution in [1.82, 2.24) is 25.2 Å². The average molecular weight is 452 g/mol. The lowest BCUT2D eigenvalue weighted by Crippen LogP contribution is -2.47. The molecule has 13 nitrogen and oxygen atoms in total. The van der Waals surface area contributed by atoms with Crippen molar-refractivity contribution in [3.63, 3.8) is 0 Å². The molecule has 0 bridgehead atoms. The summed E-state index contributed by atoms with van der Waals surface area (Å²) in [5.74, 6) is -0.660. The molecule has 3 atom stereocenters. The van der Waals surface area contributed by atoms with Crippen LogP contribution < -0.4 is 21.9 Å². The van der Waals surface area contributed by atoms with Gasteiger partial charge in [0.05, 0.1) is 17.9 Å². The molecule has 3 amide bonds. The van der Waals surface area contributed by atoms with Crippen LogP contribution in [0.2, 0.25) is 0 Å². The van der Waals surface area contributed by atoms with E-state index in [9.17, 15) is 29.2 Å². The predicted octanol–water partition coefficient (Wildman–Crippen LogP) is -0.365. The third-order valence-corrected chi connectivity index (χ3v) is 5.70. The number of hydrogen-bond donors (Lipinski definition) is 4. The van der Waals surface area contributed by atoms with Gasteiger partial charge in [-0.05, 0) is 19.8 Å². The molecule has 1 saturated carbocycles. The van der Waals surface area contributed by atoms with Gasteiger partial charge in [0, 0.05) is 30.8 Å². The number of H-pyrrole nitrogens is 1. The maximum atomic E-state index is 12.4. The molecule has 1 aromatic heterocycles. The van der Waals surface area contributed by atoms with E-state index in [1.165, 1.54) is 13.1 Å². The Labute approximate surface area is 183 Å². The van der Waals surface area contributed by atoms with E-state index in [-0.39, 0.29) is 31.1 Å². The number of aliphatic hydroxyl groups excluding tert-OH is 1. The number of aromatic nitrogens is 2. The van der Waals surface area contributed by atoms with E-state index >= 15 is 0 Å². The molecule has 3 rings (SSSR count). The molecular formula is C19H28N6O7. The molecule has 2 aliphatic rings. The number of rotatable bonds is 7. The number of aromatic amines is 1. The molecule has 2 heterocycles. The number of hydrogen-bond acceptors (Lipinski definition) is 8. The number of carbonyl (C=O) groups is 2. The van der Waals surface area contributed by atoms with Gasteiger partial charge in [0.2, 0.25) is 0 Å². The molecule has 1 aliphatic carbocycles. The summed E-state index contributed by atoms with van der Waals surface area (Å²) in [4.78, 5) is 61.3. The van der Waals surface area contributed by atoms with Gasteiger partial charge in [-0.1, -0.05) is 19.3 Å². The highest BCUT2D eigenvalue weighted by Crippen LogP contribution is 2.27. The fourth-order valence-electron chi connectivity index (χ4n) is 3.92. The first-order valence-corrected chi connectivity index (χ1v) is 10.6. The van der Waals surface area contributed by atoms with Crippen molar-refractivity contribution >= 4 is 11.9 Å². The smallest absolute Gasteiger partial charge is 0.340 e.